The van der Waals surface area contributed by atoms with Crippen LogP contribution in [0.15, 0.2) is 41.4 Å². The minimum absolute atomic E-state index is 0.293. The SMILES string of the molecule is Cc1ccc(S(=O)(=O)Nc2cccnc2C)c(C)c1. The van der Waals surface area contributed by atoms with Crippen molar-refractivity contribution in [1.29, 1.82) is 0 Å². The maximum Gasteiger partial charge on any atom is 0.262 e. The molecule has 1 aromatic heterocycles. The molecule has 0 radical (unpaired) electrons. The molecule has 0 saturated carbocycles. The van der Waals surface area contributed by atoms with Crippen LogP contribution in [0.2, 0.25) is 0 Å². The predicted octanol–water partition coefficient (Wildman–Crippen LogP) is 2.81. The molecular weight excluding hydrogens is 260 g/mol. The minimum Gasteiger partial charge on any atom is -0.278 e. The predicted molar refractivity (Wildman–Crippen MR) is 75.7 cm³/mol. The molecule has 0 spiro atoms. The summed E-state index contributed by atoms with van der Waals surface area (Å²) in [6.07, 6.45) is 1.63. The second kappa shape index (κ2) is 5.01. The highest BCUT2D eigenvalue weighted by molar-refractivity contribution is 7.92. The van der Waals surface area contributed by atoms with Gasteiger partial charge in [-0.25, -0.2) is 8.42 Å². The Hall–Kier alpha value is -1.88. The molecule has 0 amide bonds. The Morgan fingerprint density at radius 3 is 2.47 bits per heavy atom. The molecule has 0 unspecified atom stereocenters. The number of hydrogen-bond acceptors (Lipinski definition) is 3. The third kappa shape index (κ3) is 2.93. The number of aromatic nitrogens is 1. The molecule has 0 fully saturated rings. The number of benzene rings is 1. The third-order valence-electron chi connectivity index (χ3n) is 2.87. The van der Waals surface area contributed by atoms with Crippen LogP contribution in [0.3, 0.4) is 0 Å². The summed E-state index contributed by atoms with van der Waals surface area (Å²) in [6, 6.07) is 8.66. The number of rotatable bonds is 3. The molecule has 1 heterocycles. The normalized spacial score (nSPS) is 11.3. The maximum atomic E-state index is 12.3. The van der Waals surface area contributed by atoms with Crippen molar-refractivity contribution in [2.75, 3.05) is 4.72 Å². The lowest BCUT2D eigenvalue weighted by molar-refractivity contribution is 0.600. The smallest absolute Gasteiger partial charge is 0.262 e. The van der Waals surface area contributed by atoms with Gasteiger partial charge in [0.2, 0.25) is 0 Å². The highest BCUT2D eigenvalue weighted by atomic mass is 32.2. The van der Waals surface area contributed by atoms with Gasteiger partial charge in [-0.2, -0.15) is 0 Å². The lowest BCUT2D eigenvalue weighted by Gasteiger charge is -2.12. The highest BCUT2D eigenvalue weighted by Crippen LogP contribution is 2.21. The topological polar surface area (TPSA) is 59.1 Å². The first-order valence-corrected chi connectivity index (χ1v) is 7.40. The van der Waals surface area contributed by atoms with E-state index in [0.29, 0.717) is 16.3 Å². The fourth-order valence-electron chi connectivity index (χ4n) is 1.89. The van der Waals surface area contributed by atoms with Gasteiger partial charge in [0.15, 0.2) is 0 Å². The highest BCUT2D eigenvalue weighted by Gasteiger charge is 2.17. The van der Waals surface area contributed by atoms with Gasteiger partial charge in [0.1, 0.15) is 0 Å². The largest absolute Gasteiger partial charge is 0.278 e. The fourth-order valence-corrected chi connectivity index (χ4v) is 3.24. The van der Waals surface area contributed by atoms with Gasteiger partial charge < -0.3 is 0 Å². The molecule has 0 aliphatic carbocycles. The van der Waals surface area contributed by atoms with Gasteiger partial charge in [-0.05, 0) is 44.5 Å². The summed E-state index contributed by atoms with van der Waals surface area (Å²) in [4.78, 5) is 4.36. The summed E-state index contributed by atoms with van der Waals surface area (Å²) in [5.41, 5.74) is 2.92. The second-order valence-electron chi connectivity index (χ2n) is 4.51. The molecule has 2 aromatic rings. The first-order chi connectivity index (χ1) is 8.90. The van der Waals surface area contributed by atoms with Crippen LogP contribution >= 0.6 is 0 Å². The molecule has 0 aliphatic rings. The third-order valence-corrected chi connectivity index (χ3v) is 4.40. The quantitative estimate of drug-likeness (QED) is 0.937. The van der Waals surface area contributed by atoms with Crippen molar-refractivity contribution < 1.29 is 8.42 Å². The molecule has 0 saturated heterocycles. The molecular formula is C14H16N2O2S. The van der Waals surface area contributed by atoms with E-state index in [1.54, 1.807) is 44.3 Å². The van der Waals surface area contributed by atoms with Crippen LogP contribution in [0.1, 0.15) is 16.8 Å². The van der Waals surface area contributed by atoms with E-state index in [1.807, 2.05) is 13.0 Å². The first-order valence-electron chi connectivity index (χ1n) is 5.92. The van der Waals surface area contributed by atoms with E-state index >= 15 is 0 Å². The van der Waals surface area contributed by atoms with E-state index in [4.69, 9.17) is 0 Å². The van der Waals surface area contributed by atoms with Crippen LogP contribution in [-0.2, 0) is 10.0 Å². The van der Waals surface area contributed by atoms with Gasteiger partial charge in [-0.15, -0.1) is 0 Å². The van der Waals surface area contributed by atoms with E-state index in [0.717, 1.165) is 11.1 Å². The van der Waals surface area contributed by atoms with Crippen molar-refractivity contribution in [1.82, 2.24) is 4.98 Å². The number of nitrogens with zero attached hydrogens (tertiary/aromatic N) is 1. The lowest BCUT2D eigenvalue weighted by Crippen LogP contribution is -2.15. The number of sulfonamides is 1. The summed E-state index contributed by atoms with van der Waals surface area (Å²) >= 11 is 0. The van der Waals surface area contributed by atoms with E-state index in [2.05, 4.69) is 9.71 Å². The average Bonchev–Trinajstić information content (AvgIpc) is 2.31. The van der Waals surface area contributed by atoms with Gasteiger partial charge in [-0.1, -0.05) is 17.7 Å². The summed E-state index contributed by atoms with van der Waals surface area (Å²) < 4.78 is 27.3. The Morgan fingerprint density at radius 2 is 1.84 bits per heavy atom. The van der Waals surface area contributed by atoms with Crippen LogP contribution in [0.25, 0.3) is 0 Å². The molecule has 100 valence electrons. The molecule has 19 heavy (non-hydrogen) atoms. The van der Waals surface area contributed by atoms with Crippen molar-refractivity contribution in [3.05, 3.63) is 53.3 Å². The van der Waals surface area contributed by atoms with Gasteiger partial charge in [0.25, 0.3) is 10.0 Å². The van der Waals surface area contributed by atoms with Gasteiger partial charge >= 0.3 is 0 Å². The van der Waals surface area contributed by atoms with Crippen molar-refractivity contribution in [2.24, 2.45) is 0 Å². The zero-order valence-electron chi connectivity index (χ0n) is 11.1. The standard InChI is InChI=1S/C14H16N2O2S/c1-10-6-7-14(11(2)9-10)19(17,18)16-13-5-4-8-15-12(13)3/h4-9,16H,1-3H3. The van der Waals surface area contributed by atoms with E-state index < -0.39 is 10.0 Å². The molecule has 5 heteroatoms. The van der Waals surface area contributed by atoms with Crippen molar-refractivity contribution in [3.63, 3.8) is 0 Å². The first kappa shape index (κ1) is 13.5. The summed E-state index contributed by atoms with van der Waals surface area (Å²) in [6.45, 7) is 5.49. The lowest BCUT2D eigenvalue weighted by atomic mass is 10.2. The van der Waals surface area contributed by atoms with E-state index in [9.17, 15) is 8.42 Å². The van der Waals surface area contributed by atoms with E-state index in [1.165, 1.54) is 0 Å². The van der Waals surface area contributed by atoms with Gasteiger partial charge in [-0.3, -0.25) is 9.71 Å². The number of pyridine rings is 1. The molecule has 0 atom stereocenters. The summed E-state index contributed by atoms with van der Waals surface area (Å²) in [5.74, 6) is 0. The Bertz CT molecular complexity index is 709. The molecule has 1 aromatic carbocycles. The van der Waals surface area contributed by atoms with Crippen LogP contribution in [-0.4, -0.2) is 13.4 Å². The number of hydrogen-bond donors (Lipinski definition) is 1. The molecule has 1 N–H and O–H groups in total. The molecule has 2 rings (SSSR count). The monoisotopic (exact) mass is 276 g/mol. The van der Waals surface area contributed by atoms with Crippen LogP contribution in [0.4, 0.5) is 5.69 Å². The fraction of sp³-hybridized carbons (Fsp3) is 0.214. The van der Waals surface area contributed by atoms with Crippen molar-refractivity contribution in [3.8, 4) is 0 Å². The summed E-state index contributed by atoms with van der Waals surface area (Å²) in [5, 5.41) is 0. The second-order valence-corrected chi connectivity index (χ2v) is 6.16. The molecule has 4 nitrogen and oxygen atoms in total. The van der Waals surface area contributed by atoms with Gasteiger partial charge in [0, 0.05) is 6.20 Å². The van der Waals surface area contributed by atoms with Crippen molar-refractivity contribution in [2.45, 2.75) is 25.7 Å². The maximum absolute atomic E-state index is 12.3. The number of nitrogens with one attached hydrogen (secondary N) is 1. The van der Waals surface area contributed by atoms with Crippen LogP contribution < -0.4 is 4.72 Å². The Morgan fingerprint density at radius 1 is 1.11 bits per heavy atom. The zero-order chi connectivity index (χ0) is 14.0. The number of anilines is 1. The van der Waals surface area contributed by atoms with Crippen molar-refractivity contribution >= 4 is 15.7 Å². The van der Waals surface area contributed by atoms with Crippen LogP contribution in [0.5, 0.6) is 0 Å². The minimum atomic E-state index is -3.57. The van der Waals surface area contributed by atoms with Crippen LogP contribution in [0, 0.1) is 20.8 Å². The number of aryl methyl sites for hydroxylation is 3. The summed E-state index contributed by atoms with van der Waals surface area (Å²) in [7, 11) is -3.57. The average molecular weight is 276 g/mol. The Balaban J connectivity index is 2.41. The molecule has 0 bridgehead atoms. The Kier molecular flexibility index (Phi) is 3.57. The van der Waals surface area contributed by atoms with Gasteiger partial charge in [0.05, 0.1) is 16.3 Å². The Labute approximate surface area is 113 Å². The molecule has 0 aliphatic heterocycles. The zero-order valence-corrected chi connectivity index (χ0v) is 12.0. The van der Waals surface area contributed by atoms with E-state index in [-0.39, 0.29) is 0 Å².